The fourth-order valence-electron chi connectivity index (χ4n) is 2.20. The minimum absolute atomic E-state index is 0.00736. The first-order valence-electron chi connectivity index (χ1n) is 9.54. The third kappa shape index (κ3) is 13.3. The Morgan fingerprint density at radius 1 is 1.16 bits per heavy atom. The Hall–Kier alpha value is -3.08. The zero-order chi connectivity index (χ0) is 25.1. The van der Waals surface area contributed by atoms with E-state index >= 15 is 0 Å². The molecule has 0 heterocycles. The SMILES string of the molecule is COc1ccc(NC(=O)/C=C/[C@H](CC(C)(C)C)NC(=O)[C@H](C)N)cc1.O=C(O)C(F)(F)F. The van der Waals surface area contributed by atoms with Crippen molar-refractivity contribution in [2.24, 2.45) is 11.1 Å². The highest BCUT2D eigenvalue weighted by molar-refractivity contribution is 5.99. The molecule has 2 atom stereocenters. The van der Waals surface area contributed by atoms with Crippen LogP contribution in [0.2, 0.25) is 0 Å². The van der Waals surface area contributed by atoms with Crippen LogP contribution >= 0.6 is 0 Å². The topological polar surface area (TPSA) is 131 Å². The largest absolute Gasteiger partial charge is 0.497 e. The van der Waals surface area contributed by atoms with Crippen LogP contribution in [-0.2, 0) is 14.4 Å². The standard InChI is InChI=1S/C19H29N3O3.C2HF3O2/c1-13(20)18(24)22-15(12-19(2,3)4)8-11-17(23)21-14-6-9-16(25-5)10-7-14;3-2(4,5)1(6)7/h6-11,13,15H,12,20H2,1-5H3,(H,21,23)(H,22,24);(H,6,7)/b11-8+;/t13-,15+;/m0./s1. The Labute approximate surface area is 185 Å². The molecule has 1 aromatic carbocycles. The molecule has 2 amide bonds. The van der Waals surface area contributed by atoms with Crippen LogP contribution in [0.1, 0.15) is 34.1 Å². The molecule has 11 heteroatoms. The number of aliphatic carboxylic acids is 1. The molecule has 8 nitrogen and oxygen atoms in total. The molecule has 180 valence electrons. The second kappa shape index (κ2) is 12.7. The van der Waals surface area contributed by atoms with Crippen molar-refractivity contribution in [3.8, 4) is 5.75 Å². The lowest BCUT2D eigenvalue weighted by molar-refractivity contribution is -0.192. The van der Waals surface area contributed by atoms with Crippen molar-refractivity contribution in [3.05, 3.63) is 36.4 Å². The van der Waals surface area contributed by atoms with Gasteiger partial charge in [-0.05, 0) is 43.0 Å². The molecule has 5 N–H and O–H groups in total. The maximum atomic E-state index is 12.1. The van der Waals surface area contributed by atoms with Crippen LogP contribution < -0.4 is 21.1 Å². The van der Waals surface area contributed by atoms with E-state index in [1.165, 1.54) is 6.08 Å². The van der Waals surface area contributed by atoms with E-state index in [9.17, 15) is 22.8 Å². The first kappa shape index (κ1) is 28.9. The van der Waals surface area contributed by atoms with Gasteiger partial charge < -0.3 is 26.2 Å². The Balaban J connectivity index is 0.00000118. The van der Waals surface area contributed by atoms with Gasteiger partial charge in [-0.15, -0.1) is 0 Å². The summed E-state index contributed by atoms with van der Waals surface area (Å²) < 4.78 is 36.8. The molecule has 0 radical (unpaired) electrons. The normalized spacial score (nSPS) is 13.4. The molecule has 0 aliphatic carbocycles. The van der Waals surface area contributed by atoms with E-state index in [0.717, 1.165) is 5.75 Å². The third-order valence-electron chi connectivity index (χ3n) is 3.65. The first-order chi connectivity index (χ1) is 14.5. The summed E-state index contributed by atoms with van der Waals surface area (Å²) in [6.07, 6.45) is -1.26. The summed E-state index contributed by atoms with van der Waals surface area (Å²) in [5.41, 5.74) is 6.27. The zero-order valence-corrected chi connectivity index (χ0v) is 18.6. The Bertz CT molecular complexity index is 785. The van der Waals surface area contributed by atoms with Crippen molar-refractivity contribution in [1.82, 2.24) is 5.32 Å². The van der Waals surface area contributed by atoms with Crippen LogP contribution in [0.5, 0.6) is 5.75 Å². The van der Waals surface area contributed by atoms with Gasteiger partial charge >= 0.3 is 12.1 Å². The number of carboxylic acids is 1. The zero-order valence-electron chi connectivity index (χ0n) is 18.6. The van der Waals surface area contributed by atoms with E-state index in [1.54, 1.807) is 44.4 Å². The van der Waals surface area contributed by atoms with Gasteiger partial charge in [-0.1, -0.05) is 26.8 Å². The highest BCUT2D eigenvalue weighted by Crippen LogP contribution is 2.21. The summed E-state index contributed by atoms with van der Waals surface area (Å²) in [6.45, 7) is 7.85. The fourth-order valence-corrected chi connectivity index (χ4v) is 2.20. The van der Waals surface area contributed by atoms with Gasteiger partial charge in [-0.3, -0.25) is 9.59 Å². The molecule has 0 unspecified atom stereocenters. The van der Waals surface area contributed by atoms with Crippen LogP contribution in [0.25, 0.3) is 0 Å². The van der Waals surface area contributed by atoms with Crippen LogP contribution in [0.15, 0.2) is 36.4 Å². The first-order valence-corrected chi connectivity index (χ1v) is 9.54. The number of amides is 2. The number of hydrogen-bond acceptors (Lipinski definition) is 5. The third-order valence-corrected chi connectivity index (χ3v) is 3.65. The smallest absolute Gasteiger partial charge is 0.490 e. The van der Waals surface area contributed by atoms with Gasteiger partial charge in [0.1, 0.15) is 5.75 Å². The number of halogens is 3. The number of hydrogen-bond donors (Lipinski definition) is 4. The van der Waals surface area contributed by atoms with Crippen molar-refractivity contribution < 1.29 is 37.4 Å². The monoisotopic (exact) mass is 461 g/mol. The molecule has 0 saturated carbocycles. The Kier molecular flexibility index (Phi) is 11.5. The van der Waals surface area contributed by atoms with E-state index in [4.69, 9.17) is 20.4 Å². The lowest BCUT2D eigenvalue weighted by atomic mass is 9.88. The number of anilines is 1. The van der Waals surface area contributed by atoms with Crippen molar-refractivity contribution in [1.29, 1.82) is 0 Å². The molecule has 0 aliphatic rings. The summed E-state index contributed by atoms with van der Waals surface area (Å²) in [5.74, 6) is -2.54. The average Bonchev–Trinajstić information content (AvgIpc) is 2.65. The molecule has 0 saturated heterocycles. The molecule has 0 aromatic heterocycles. The fraction of sp³-hybridized carbons (Fsp3) is 0.476. The maximum Gasteiger partial charge on any atom is 0.490 e. The number of rotatable bonds is 7. The summed E-state index contributed by atoms with van der Waals surface area (Å²) in [5, 5.41) is 12.8. The minimum Gasteiger partial charge on any atom is -0.497 e. The van der Waals surface area contributed by atoms with Crippen molar-refractivity contribution in [2.75, 3.05) is 12.4 Å². The number of alkyl halides is 3. The highest BCUT2D eigenvalue weighted by atomic mass is 19.4. The number of nitrogens with two attached hydrogens (primary N) is 1. The average molecular weight is 461 g/mol. The van der Waals surface area contributed by atoms with Crippen LogP contribution in [0.4, 0.5) is 18.9 Å². The van der Waals surface area contributed by atoms with Crippen LogP contribution in [0, 0.1) is 5.41 Å². The molecular formula is C21H30F3N3O5. The molecule has 0 spiro atoms. The van der Waals surface area contributed by atoms with Gasteiger partial charge in [0, 0.05) is 17.8 Å². The lowest BCUT2D eigenvalue weighted by Crippen LogP contribution is -2.44. The summed E-state index contributed by atoms with van der Waals surface area (Å²) >= 11 is 0. The van der Waals surface area contributed by atoms with Gasteiger partial charge in [0.25, 0.3) is 0 Å². The quantitative estimate of drug-likeness (QED) is 0.462. The molecular weight excluding hydrogens is 431 g/mol. The highest BCUT2D eigenvalue weighted by Gasteiger charge is 2.38. The summed E-state index contributed by atoms with van der Waals surface area (Å²) in [7, 11) is 1.59. The molecule has 1 aromatic rings. The van der Waals surface area contributed by atoms with Gasteiger partial charge in [-0.2, -0.15) is 13.2 Å². The van der Waals surface area contributed by atoms with Gasteiger partial charge in [0.15, 0.2) is 0 Å². The number of methoxy groups -OCH3 is 1. The predicted molar refractivity (Wildman–Crippen MR) is 114 cm³/mol. The van der Waals surface area contributed by atoms with E-state index in [0.29, 0.717) is 12.1 Å². The second-order valence-corrected chi connectivity index (χ2v) is 8.05. The van der Waals surface area contributed by atoms with Gasteiger partial charge in [0.2, 0.25) is 11.8 Å². The van der Waals surface area contributed by atoms with E-state index in [2.05, 4.69) is 31.4 Å². The number of carboxylic acid groups (broad SMARTS) is 1. The number of carbonyl (C=O) groups is 3. The lowest BCUT2D eigenvalue weighted by Gasteiger charge is -2.25. The van der Waals surface area contributed by atoms with Gasteiger partial charge in [-0.25, -0.2) is 4.79 Å². The molecule has 32 heavy (non-hydrogen) atoms. The molecule has 1 rings (SSSR count). The van der Waals surface area contributed by atoms with Gasteiger partial charge in [0.05, 0.1) is 13.2 Å². The minimum atomic E-state index is -5.08. The number of benzene rings is 1. The maximum absolute atomic E-state index is 12.1. The Morgan fingerprint density at radius 2 is 1.66 bits per heavy atom. The van der Waals surface area contributed by atoms with Crippen molar-refractivity contribution >= 4 is 23.5 Å². The molecule has 0 bridgehead atoms. The predicted octanol–water partition coefficient (Wildman–Crippen LogP) is 3.09. The van der Waals surface area contributed by atoms with E-state index in [1.807, 2.05) is 0 Å². The van der Waals surface area contributed by atoms with Crippen LogP contribution in [-0.4, -0.2) is 48.3 Å². The summed E-state index contributed by atoms with van der Waals surface area (Å²) in [6, 6.07) is 6.20. The molecule has 0 fully saturated rings. The number of nitrogens with one attached hydrogen (secondary N) is 2. The van der Waals surface area contributed by atoms with Crippen molar-refractivity contribution in [2.45, 2.75) is 52.4 Å². The van der Waals surface area contributed by atoms with E-state index < -0.39 is 18.2 Å². The number of carbonyl (C=O) groups excluding carboxylic acids is 2. The summed E-state index contributed by atoms with van der Waals surface area (Å²) in [4.78, 5) is 32.8. The Morgan fingerprint density at radius 3 is 2.03 bits per heavy atom. The molecule has 0 aliphatic heterocycles. The van der Waals surface area contributed by atoms with Crippen molar-refractivity contribution in [3.63, 3.8) is 0 Å². The number of ether oxygens (including phenoxy) is 1. The van der Waals surface area contributed by atoms with Crippen LogP contribution in [0.3, 0.4) is 0 Å². The van der Waals surface area contributed by atoms with E-state index in [-0.39, 0.29) is 23.3 Å². The second-order valence-electron chi connectivity index (χ2n) is 8.05.